The molecule has 0 bridgehead atoms. The van der Waals surface area contributed by atoms with Gasteiger partial charge in [-0.3, -0.25) is 4.98 Å². The highest BCUT2D eigenvalue weighted by molar-refractivity contribution is 7.13. The lowest BCUT2D eigenvalue weighted by atomic mass is 10.4. The number of pyridine rings is 1. The van der Waals surface area contributed by atoms with Crippen molar-refractivity contribution in [1.29, 1.82) is 0 Å². The van der Waals surface area contributed by atoms with E-state index < -0.39 is 0 Å². The molecule has 0 atom stereocenters. The third-order valence-electron chi connectivity index (χ3n) is 2.33. The number of aromatic amines is 1. The minimum atomic E-state index is 0.858. The number of hydrogen-bond acceptors (Lipinski definition) is 4. The van der Waals surface area contributed by atoms with Crippen molar-refractivity contribution in [2.45, 2.75) is 0 Å². The molecule has 80 valence electrons. The zero-order valence-corrected chi connectivity index (χ0v) is 9.41. The highest BCUT2D eigenvalue weighted by Crippen LogP contribution is 2.30. The number of rotatable bonds is 2. The second kappa shape index (κ2) is 3.61. The fourth-order valence-electron chi connectivity index (χ4n) is 1.52. The molecule has 4 nitrogen and oxygen atoms in total. The number of hydrogen-bond donors (Lipinski definition) is 1. The van der Waals surface area contributed by atoms with Crippen LogP contribution >= 0.6 is 11.3 Å². The highest BCUT2D eigenvalue weighted by Gasteiger charge is 2.07. The molecule has 0 unspecified atom stereocenters. The Kier molecular flexibility index (Phi) is 2.11. The van der Waals surface area contributed by atoms with E-state index in [1.807, 2.05) is 17.5 Å². The molecule has 0 saturated heterocycles. The largest absolute Gasteiger partial charge is 0.496 e. The zero-order chi connectivity index (χ0) is 11.0. The molecule has 0 aliphatic rings. The lowest BCUT2D eigenvalue weighted by molar-refractivity contribution is 0.417. The van der Waals surface area contributed by atoms with Crippen LogP contribution in [0.1, 0.15) is 0 Å². The van der Waals surface area contributed by atoms with Crippen LogP contribution in [0.5, 0.6) is 5.75 Å². The zero-order valence-electron chi connectivity index (χ0n) is 8.60. The first-order valence-electron chi connectivity index (χ1n) is 4.79. The van der Waals surface area contributed by atoms with Crippen molar-refractivity contribution in [2.75, 3.05) is 7.11 Å². The number of methoxy groups -OCH3 is 1. The van der Waals surface area contributed by atoms with Gasteiger partial charge in [-0.15, -0.1) is 11.3 Å². The van der Waals surface area contributed by atoms with Gasteiger partial charge in [0.1, 0.15) is 11.6 Å². The number of H-pyrrole nitrogens is 1. The van der Waals surface area contributed by atoms with Crippen molar-refractivity contribution < 1.29 is 4.74 Å². The summed E-state index contributed by atoms with van der Waals surface area (Å²) >= 11 is 1.60. The van der Waals surface area contributed by atoms with Crippen LogP contribution in [-0.4, -0.2) is 22.1 Å². The lowest BCUT2D eigenvalue weighted by Gasteiger charge is -1.89. The number of fused-ring (bicyclic) bond motifs is 1. The Bertz CT molecular complexity index is 596. The third-order valence-corrected chi connectivity index (χ3v) is 3.24. The van der Waals surface area contributed by atoms with Gasteiger partial charge in [0, 0.05) is 17.6 Å². The standard InChI is InChI=1S/C11H9N3OS/c1-15-7-4-10(16-6-7)11-13-8-2-3-12-5-9(8)14-11/h2-6H,1H3,(H,13,14). The summed E-state index contributed by atoms with van der Waals surface area (Å²) in [6.45, 7) is 0. The molecule has 0 spiro atoms. The molecule has 3 heterocycles. The van der Waals surface area contributed by atoms with Crippen LogP contribution in [0.15, 0.2) is 29.9 Å². The first kappa shape index (κ1) is 9.35. The van der Waals surface area contributed by atoms with E-state index in [9.17, 15) is 0 Å². The minimum absolute atomic E-state index is 0.858. The molecule has 3 aromatic heterocycles. The summed E-state index contributed by atoms with van der Waals surface area (Å²) in [4.78, 5) is 12.8. The maximum atomic E-state index is 5.15. The summed E-state index contributed by atoms with van der Waals surface area (Å²) in [6.07, 6.45) is 3.51. The van der Waals surface area contributed by atoms with Gasteiger partial charge in [-0.25, -0.2) is 4.98 Å². The number of aromatic nitrogens is 3. The van der Waals surface area contributed by atoms with Gasteiger partial charge in [-0.1, -0.05) is 0 Å². The van der Waals surface area contributed by atoms with E-state index in [0.29, 0.717) is 0 Å². The molecule has 0 fully saturated rings. The topological polar surface area (TPSA) is 50.8 Å². The fraction of sp³-hybridized carbons (Fsp3) is 0.0909. The van der Waals surface area contributed by atoms with E-state index in [2.05, 4.69) is 15.0 Å². The normalized spacial score (nSPS) is 10.8. The second-order valence-electron chi connectivity index (χ2n) is 3.33. The number of nitrogens with zero attached hydrogens (tertiary/aromatic N) is 2. The molecule has 3 aromatic rings. The fourth-order valence-corrected chi connectivity index (χ4v) is 2.32. The Labute approximate surface area is 95.9 Å². The van der Waals surface area contributed by atoms with Crippen LogP contribution in [0, 0.1) is 0 Å². The van der Waals surface area contributed by atoms with Crippen molar-refractivity contribution in [3.05, 3.63) is 29.9 Å². The molecule has 0 aromatic carbocycles. The van der Waals surface area contributed by atoms with Crippen LogP contribution in [0.2, 0.25) is 0 Å². The number of ether oxygens (including phenoxy) is 1. The molecule has 0 aliphatic carbocycles. The van der Waals surface area contributed by atoms with Gasteiger partial charge in [0.25, 0.3) is 0 Å². The monoisotopic (exact) mass is 231 g/mol. The molecule has 0 saturated carbocycles. The summed E-state index contributed by atoms with van der Waals surface area (Å²) in [6, 6.07) is 3.86. The van der Waals surface area contributed by atoms with Crippen LogP contribution in [0.3, 0.4) is 0 Å². The first-order chi connectivity index (χ1) is 7.86. The second-order valence-corrected chi connectivity index (χ2v) is 4.24. The number of nitrogens with one attached hydrogen (secondary N) is 1. The summed E-state index contributed by atoms with van der Waals surface area (Å²) in [5, 5.41) is 1.96. The first-order valence-corrected chi connectivity index (χ1v) is 5.67. The van der Waals surface area contributed by atoms with Crippen molar-refractivity contribution in [3.63, 3.8) is 0 Å². The van der Waals surface area contributed by atoms with Crippen molar-refractivity contribution >= 4 is 22.4 Å². The van der Waals surface area contributed by atoms with E-state index in [-0.39, 0.29) is 0 Å². The van der Waals surface area contributed by atoms with E-state index in [0.717, 1.165) is 27.5 Å². The molecular weight excluding hydrogens is 222 g/mol. The van der Waals surface area contributed by atoms with Crippen LogP contribution in [0.4, 0.5) is 0 Å². The Morgan fingerprint density at radius 3 is 3.12 bits per heavy atom. The highest BCUT2D eigenvalue weighted by atomic mass is 32.1. The third kappa shape index (κ3) is 1.45. The van der Waals surface area contributed by atoms with Crippen LogP contribution in [-0.2, 0) is 0 Å². The maximum Gasteiger partial charge on any atom is 0.148 e. The average molecular weight is 231 g/mol. The Hall–Kier alpha value is -1.88. The maximum absolute atomic E-state index is 5.15. The summed E-state index contributed by atoms with van der Waals surface area (Å²) in [5.74, 6) is 1.72. The smallest absolute Gasteiger partial charge is 0.148 e. The predicted molar refractivity (Wildman–Crippen MR) is 63.8 cm³/mol. The Morgan fingerprint density at radius 2 is 2.38 bits per heavy atom. The molecule has 0 radical (unpaired) electrons. The molecule has 0 amide bonds. The number of thiophene rings is 1. The van der Waals surface area contributed by atoms with Gasteiger partial charge in [0.2, 0.25) is 0 Å². The average Bonchev–Trinajstić information content (AvgIpc) is 2.95. The lowest BCUT2D eigenvalue weighted by Crippen LogP contribution is -1.77. The molecule has 5 heteroatoms. The van der Waals surface area contributed by atoms with E-state index in [1.165, 1.54) is 0 Å². The SMILES string of the molecule is COc1csc(-c2nc3ccncc3[nH]2)c1. The van der Waals surface area contributed by atoms with Gasteiger partial charge in [0.05, 0.1) is 29.2 Å². The summed E-state index contributed by atoms with van der Waals surface area (Å²) in [7, 11) is 1.66. The molecular formula is C11H9N3OS. The van der Waals surface area contributed by atoms with Crippen molar-refractivity contribution in [3.8, 4) is 16.5 Å². The molecule has 1 N–H and O–H groups in total. The Morgan fingerprint density at radius 1 is 1.44 bits per heavy atom. The van der Waals surface area contributed by atoms with Gasteiger partial charge >= 0.3 is 0 Å². The molecule has 0 aliphatic heterocycles. The summed E-state index contributed by atoms with van der Waals surface area (Å²) < 4.78 is 5.15. The van der Waals surface area contributed by atoms with Crippen LogP contribution in [0.25, 0.3) is 21.7 Å². The summed E-state index contributed by atoms with van der Waals surface area (Å²) in [5.41, 5.74) is 1.88. The van der Waals surface area contributed by atoms with E-state index >= 15 is 0 Å². The van der Waals surface area contributed by atoms with Crippen LogP contribution < -0.4 is 4.74 Å². The predicted octanol–water partition coefficient (Wildman–Crippen LogP) is 2.69. The quantitative estimate of drug-likeness (QED) is 0.737. The Balaban J connectivity index is 2.11. The van der Waals surface area contributed by atoms with Gasteiger partial charge in [-0.2, -0.15) is 0 Å². The van der Waals surface area contributed by atoms with Crippen molar-refractivity contribution in [1.82, 2.24) is 15.0 Å². The molecule has 16 heavy (non-hydrogen) atoms. The van der Waals surface area contributed by atoms with Crippen molar-refractivity contribution in [2.24, 2.45) is 0 Å². The van der Waals surface area contributed by atoms with Gasteiger partial charge in [-0.05, 0) is 6.07 Å². The minimum Gasteiger partial charge on any atom is -0.496 e. The van der Waals surface area contributed by atoms with E-state index in [1.54, 1.807) is 30.8 Å². The number of imidazole rings is 1. The van der Waals surface area contributed by atoms with Gasteiger partial charge < -0.3 is 9.72 Å². The van der Waals surface area contributed by atoms with Gasteiger partial charge in [0.15, 0.2) is 0 Å². The molecule has 3 rings (SSSR count). The van der Waals surface area contributed by atoms with E-state index in [4.69, 9.17) is 4.74 Å².